The number of nitrogens with one attached hydrogen (secondary N) is 1. The number of unbranched alkanes of at least 4 members (excludes halogenated alkanes) is 1. The van der Waals surface area contributed by atoms with Gasteiger partial charge < -0.3 is 5.32 Å². The van der Waals surface area contributed by atoms with Crippen molar-refractivity contribution in [3.05, 3.63) is 36.5 Å². The number of hydrogen-bond acceptors (Lipinski definition) is 2. The van der Waals surface area contributed by atoms with E-state index < -0.39 is 0 Å². The molecule has 0 aliphatic rings. The summed E-state index contributed by atoms with van der Waals surface area (Å²) in [6, 6.07) is 4.03. The first-order valence-corrected chi connectivity index (χ1v) is 4.34. The van der Waals surface area contributed by atoms with Crippen molar-refractivity contribution in [1.82, 2.24) is 10.3 Å². The normalized spacial score (nSPS) is 10.1. The van der Waals surface area contributed by atoms with Gasteiger partial charge >= 0.3 is 0 Å². The smallest absolute Gasteiger partial charge is 0.0312 e. The third-order valence-corrected chi connectivity index (χ3v) is 1.63. The Kier molecular flexibility index (Phi) is 4.39. The number of nitrogens with zero attached hydrogens (tertiary/aromatic N) is 1. The Morgan fingerprint density at radius 1 is 1.58 bits per heavy atom. The van der Waals surface area contributed by atoms with Gasteiger partial charge in [0, 0.05) is 18.9 Å². The van der Waals surface area contributed by atoms with Crippen molar-refractivity contribution in [2.75, 3.05) is 6.54 Å². The Bertz CT molecular complexity index is 196. The molecule has 1 rings (SSSR count). The minimum absolute atomic E-state index is 0.907. The molecule has 1 aromatic rings. The fourth-order valence-corrected chi connectivity index (χ4v) is 0.966. The van der Waals surface area contributed by atoms with Gasteiger partial charge in [-0.25, -0.2) is 0 Å². The second-order valence-electron chi connectivity index (χ2n) is 2.69. The Balaban J connectivity index is 2.16. The van der Waals surface area contributed by atoms with Gasteiger partial charge in [0.25, 0.3) is 0 Å². The minimum Gasteiger partial charge on any atom is -0.312 e. The lowest BCUT2D eigenvalue weighted by Gasteiger charge is -2.01. The Morgan fingerprint density at radius 2 is 2.50 bits per heavy atom. The van der Waals surface area contributed by atoms with Crippen LogP contribution < -0.4 is 5.32 Å². The van der Waals surface area contributed by atoms with E-state index >= 15 is 0 Å². The zero-order valence-electron chi connectivity index (χ0n) is 7.46. The van der Waals surface area contributed by atoms with Crippen molar-refractivity contribution >= 4 is 0 Å². The Hall–Kier alpha value is -0.890. The summed E-state index contributed by atoms with van der Waals surface area (Å²) in [7, 11) is 0. The third kappa shape index (κ3) is 3.49. The van der Waals surface area contributed by atoms with Gasteiger partial charge in [-0.1, -0.05) is 19.4 Å². The molecule has 0 saturated carbocycles. The number of pyridine rings is 1. The van der Waals surface area contributed by atoms with Gasteiger partial charge in [0.05, 0.1) is 0 Å². The molecule has 0 bridgehead atoms. The van der Waals surface area contributed by atoms with Crippen molar-refractivity contribution in [1.29, 1.82) is 0 Å². The second kappa shape index (κ2) is 5.72. The zero-order chi connectivity index (χ0) is 8.65. The molecule has 1 heterocycles. The molecular weight excluding hydrogens is 148 g/mol. The monoisotopic (exact) mass is 163 g/mol. The predicted molar refractivity (Wildman–Crippen MR) is 50.5 cm³/mol. The molecule has 0 atom stereocenters. The summed E-state index contributed by atoms with van der Waals surface area (Å²) < 4.78 is 0. The third-order valence-electron chi connectivity index (χ3n) is 1.63. The highest BCUT2D eigenvalue weighted by molar-refractivity contribution is 5.07. The van der Waals surface area contributed by atoms with E-state index in [0.29, 0.717) is 0 Å². The van der Waals surface area contributed by atoms with E-state index in [1.54, 1.807) is 6.20 Å². The molecule has 12 heavy (non-hydrogen) atoms. The standard InChI is InChI=1S/C10H15N2/c1-2-3-6-11-8-10-5-4-7-12-9-10/h3-5,7,9,11H,2,6,8H2,1H3. The maximum absolute atomic E-state index is 4.03. The van der Waals surface area contributed by atoms with Crippen LogP contribution in [0.15, 0.2) is 24.5 Å². The average Bonchev–Trinajstić information content (AvgIpc) is 2.14. The maximum atomic E-state index is 4.03. The molecule has 0 saturated heterocycles. The van der Waals surface area contributed by atoms with Crippen LogP contribution in [0.3, 0.4) is 0 Å². The first-order chi connectivity index (χ1) is 5.93. The highest BCUT2D eigenvalue weighted by Crippen LogP contribution is 1.94. The van der Waals surface area contributed by atoms with Gasteiger partial charge in [-0.05, 0) is 24.6 Å². The van der Waals surface area contributed by atoms with Gasteiger partial charge in [-0.2, -0.15) is 0 Å². The summed E-state index contributed by atoms with van der Waals surface area (Å²) in [5.41, 5.74) is 1.24. The van der Waals surface area contributed by atoms with E-state index in [1.165, 1.54) is 5.56 Å². The topological polar surface area (TPSA) is 24.9 Å². The Morgan fingerprint density at radius 3 is 3.17 bits per heavy atom. The lowest BCUT2D eigenvalue weighted by atomic mass is 10.3. The first kappa shape index (κ1) is 9.20. The van der Waals surface area contributed by atoms with E-state index in [0.717, 1.165) is 19.5 Å². The van der Waals surface area contributed by atoms with E-state index in [2.05, 4.69) is 29.7 Å². The summed E-state index contributed by atoms with van der Waals surface area (Å²) in [4.78, 5) is 4.03. The molecule has 2 nitrogen and oxygen atoms in total. The summed E-state index contributed by atoms with van der Waals surface area (Å²) in [5, 5.41) is 3.31. The summed E-state index contributed by atoms with van der Waals surface area (Å²) in [5.74, 6) is 0. The number of aromatic nitrogens is 1. The van der Waals surface area contributed by atoms with Crippen LogP contribution in [-0.2, 0) is 6.54 Å². The average molecular weight is 163 g/mol. The molecule has 0 aliphatic heterocycles. The fourth-order valence-electron chi connectivity index (χ4n) is 0.966. The van der Waals surface area contributed by atoms with E-state index in [1.807, 2.05) is 12.3 Å². The van der Waals surface area contributed by atoms with Crippen molar-refractivity contribution < 1.29 is 0 Å². The predicted octanol–water partition coefficient (Wildman–Crippen LogP) is 1.79. The lowest BCUT2D eigenvalue weighted by molar-refractivity contribution is 0.719. The SMILES string of the molecule is CC[CH]CNCc1cccnc1. The molecule has 0 aromatic carbocycles. The largest absolute Gasteiger partial charge is 0.312 e. The second-order valence-corrected chi connectivity index (χ2v) is 2.69. The summed E-state index contributed by atoms with van der Waals surface area (Å²) in [6.45, 7) is 4.03. The molecule has 1 aromatic heterocycles. The van der Waals surface area contributed by atoms with Crippen molar-refractivity contribution in [2.45, 2.75) is 19.9 Å². The van der Waals surface area contributed by atoms with Crippen LogP contribution in [0.4, 0.5) is 0 Å². The molecular formula is C10H15N2. The molecule has 2 heteroatoms. The summed E-state index contributed by atoms with van der Waals surface area (Å²) >= 11 is 0. The van der Waals surface area contributed by atoms with Gasteiger partial charge in [0.1, 0.15) is 0 Å². The first-order valence-electron chi connectivity index (χ1n) is 4.34. The highest BCUT2D eigenvalue weighted by Gasteiger charge is 1.89. The molecule has 0 fully saturated rings. The number of rotatable bonds is 5. The van der Waals surface area contributed by atoms with Crippen LogP contribution in [0.2, 0.25) is 0 Å². The quantitative estimate of drug-likeness (QED) is 0.669. The van der Waals surface area contributed by atoms with Crippen LogP contribution in [0.5, 0.6) is 0 Å². The Labute approximate surface area is 74.0 Å². The van der Waals surface area contributed by atoms with Crippen molar-refractivity contribution in [3.63, 3.8) is 0 Å². The van der Waals surface area contributed by atoms with Gasteiger partial charge in [0.2, 0.25) is 0 Å². The van der Waals surface area contributed by atoms with Gasteiger partial charge in [0.15, 0.2) is 0 Å². The summed E-state index contributed by atoms with van der Waals surface area (Å²) in [6.07, 6.45) is 7.02. The van der Waals surface area contributed by atoms with Crippen molar-refractivity contribution in [2.24, 2.45) is 0 Å². The molecule has 65 valence electrons. The van der Waals surface area contributed by atoms with Crippen LogP contribution in [0, 0.1) is 6.42 Å². The molecule has 0 spiro atoms. The van der Waals surface area contributed by atoms with Crippen molar-refractivity contribution in [3.8, 4) is 0 Å². The van der Waals surface area contributed by atoms with E-state index in [-0.39, 0.29) is 0 Å². The van der Waals surface area contributed by atoms with E-state index in [4.69, 9.17) is 0 Å². The zero-order valence-corrected chi connectivity index (χ0v) is 7.46. The van der Waals surface area contributed by atoms with Gasteiger partial charge in [-0.15, -0.1) is 0 Å². The maximum Gasteiger partial charge on any atom is 0.0312 e. The molecule has 1 radical (unpaired) electrons. The van der Waals surface area contributed by atoms with Crippen LogP contribution in [-0.4, -0.2) is 11.5 Å². The molecule has 0 amide bonds. The van der Waals surface area contributed by atoms with Crippen LogP contribution in [0.1, 0.15) is 18.9 Å². The van der Waals surface area contributed by atoms with Crippen LogP contribution >= 0.6 is 0 Å². The molecule has 0 aliphatic carbocycles. The number of hydrogen-bond donors (Lipinski definition) is 1. The lowest BCUT2D eigenvalue weighted by Crippen LogP contribution is -2.14. The van der Waals surface area contributed by atoms with E-state index in [9.17, 15) is 0 Å². The van der Waals surface area contributed by atoms with Crippen LogP contribution in [0.25, 0.3) is 0 Å². The molecule has 1 N–H and O–H groups in total. The minimum atomic E-state index is 0.907. The fraction of sp³-hybridized carbons (Fsp3) is 0.400. The highest BCUT2D eigenvalue weighted by atomic mass is 14.8. The molecule has 0 unspecified atom stereocenters. The van der Waals surface area contributed by atoms with Gasteiger partial charge in [-0.3, -0.25) is 4.98 Å².